The molecule has 4 heteroatoms. The Balaban J connectivity index is 1.67. The average Bonchev–Trinajstić information content (AvgIpc) is 2.73. The molecule has 0 aliphatic rings. The fourth-order valence-electron chi connectivity index (χ4n) is 3.35. The zero-order valence-corrected chi connectivity index (χ0v) is 17.3. The van der Waals surface area contributed by atoms with Crippen LogP contribution in [0.3, 0.4) is 0 Å². The normalized spacial score (nSPS) is 10.8. The minimum Gasteiger partial charge on any atom is -0.372 e. The topological polar surface area (TPSA) is 33.2 Å². The minimum atomic E-state index is -0.231. The van der Waals surface area contributed by atoms with Gasteiger partial charge in [0.1, 0.15) is 5.82 Å². The van der Waals surface area contributed by atoms with E-state index in [2.05, 4.69) is 11.9 Å². The molecule has 3 aromatic rings. The number of benzene rings is 2. The lowest BCUT2D eigenvalue weighted by atomic mass is 9.99. The van der Waals surface area contributed by atoms with E-state index in [1.165, 1.54) is 0 Å². The van der Waals surface area contributed by atoms with Gasteiger partial charge >= 0.3 is 0 Å². The van der Waals surface area contributed by atoms with E-state index in [1.807, 2.05) is 73.6 Å². The smallest absolute Gasteiger partial charge is 0.163 e. The summed E-state index contributed by atoms with van der Waals surface area (Å²) in [6.45, 7) is 4.83. The van der Waals surface area contributed by atoms with Crippen LogP contribution in [0.25, 0.3) is 11.1 Å². The first-order chi connectivity index (χ1) is 14.0. The fourth-order valence-corrected chi connectivity index (χ4v) is 3.35. The number of Topliss-reactive ketones (excluding diaryl/α,β-unsaturated/α-hetero) is 1. The number of hydrogen-bond donors (Lipinski definition) is 0. The van der Waals surface area contributed by atoms with Crippen molar-refractivity contribution in [1.82, 2.24) is 4.98 Å². The van der Waals surface area contributed by atoms with Gasteiger partial charge in [-0.3, -0.25) is 9.78 Å². The van der Waals surface area contributed by atoms with Crippen molar-refractivity contribution >= 4 is 11.5 Å². The molecular formula is C25H27FN2O. The molecule has 0 spiro atoms. The highest BCUT2D eigenvalue weighted by Gasteiger charge is 2.10. The van der Waals surface area contributed by atoms with Gasteiger partial charge in [-0.05, 0) is 54.7 Å². The lowest BCUT2D eigenvalue weighted by molar-refractivity contribution is 0.0983. The van der Waals surface area contributed by atoms with E-state index in [-0.39, 0.29) is 11.6 Å². The summed E-state index contributed by atoms with van der Waals surface area (Å²) >= 11 is 0. The third kappa shape index (κ3) is 5.29. The van der Waals surface area contributed by atoms with E-state index in [9.17, 15) is 9.18 Å². The summed E-state index contributed by atoms with van der Waals surface area (Å²) in [6, 6.07) is 16.7. The van der Waals surface area contributed by atoms with E-state index >= 15 is 0 Å². The van der Waals surface area contributed by atoms with Crippen LogP contribution in [0.2, 0.25) is 0 Å². The Morgan fingerprint density at radius 1 is 1.03 bits per heavy atom. The van der Waals surface area contributed by atoms with Gasteiger partial charge in [0.25, 0.3) is 0 Å². The molecule has 3 rings (SSSR count). The van der Waals surface area contributed by atoms with Crippen molar-refractivity contribution < 1.29 is 9.18 Å². The van der Waals surface area contributed by atoms with Crippen LogP contribution in [0, 0.1) is 12.7 Å². The zero-order chi connectivity index (χ0) is 20.8. The molecule has 1 aromatic heterocycles. The summed E-state index contributed by atoms with van der Waals surface area (Å²) in [4.78, 5) is 18.7. The summed E-state index contributed by atoms with van der Waals surface area (Å²) in [6.07, 6.45) is 3.90. The number of halogens is 1. The first-order valence-electron chi connectivity index (χ1n) is 10.0. The van der Waals surface area contributed by atoms with Gasteiger partial charge in [-0.15, -0.1) is 0 Å². The SMILES string of the molecule is CCCN(C)c1ccc(-c2ccc(C(=O)CCc3ccc(C)nc3)cc2)cc1F. The van der Waals surface area contributed by atoms with Gasteiger partial charge in [0, 0.05) is 37.5 Å². The Bertz CT molecular complexity index is 965. The molecule has 3 nitrogen and oxygen atoms in total. The van der Waals surface area contributed by atoms with Crippen LogP contribution in [0.1, 0.15) is 41.4 Å². The lowest BCUT2D eigenvalue weighted by Gasteiger charge is -2.19. The van der Waals surface area contributed by atoms with E-state index in [4.69, 9.17) is 0 Å². The number of hydrogen-bond acceptors (Lipinski definition) is 3. The van der Waals surface area contributed by atoms with Crippen LogP contribution in [0.15, 0.2) is 60.8 Å². The van der Waals surface area contributed by atoms with Crippen molar-refractivity contribution in [3.05, 3.63) is 83.4 Å². The molecule has 0 radical (unpaired) electrons. The number of carbonyl (C=O) groups excluding carboxylic acids is 1. The monoisotopic (exact) mass is 390 g/mol. The van der Waals surface area contributed by atoms with Gasteiger partial charge in [0.2, 0.25) is 0 Å². The van der Waals surface area contributed by atoms with Gasteiger partial charge in [0.15, 0.2) is 5.78 Å². The molecule has 0 amide bonds. The first-order valence-corrected chi connectivity index (χ1v) is 10.0. The molecule has 0 N–H and O–H groups in total. The van der Waals surface area contributed by atoms with Gasteiger partial charge < -0.3 is 4.90 Å². The molecule has 0 atom stereocenters. The second-order valence-corrected chi connectivity index (χ2v) is 7.40. The third-order valence-corrected chi connectivity index (χ3v) is 5.07. The molecule has 0 bridgehead atoms. The van der Waals surface area contributed by atoms with E-state index in [1.54, 1.807) is 6.07 Å². The maximum atomic E-state index is 14.5. The Labute approximate surface area is 172 Å². The largest absolute Gasteiger partial charge is 0.372 e. The van der Waals surface area contributed by atoms with Gasteiger partial charge in [-0.2, -0.15) is 0 Å². The first kappa shape index (κ1) is 20.7. The number of carbonyl (C=O) groups is 1. The van der Waals surface area contributed by atoms with Crippen LogP contribution in [-0.4, -0.2) is 24.4 Å². The number of pyridine rings is 1. The quantitative estimate of drug-likeness (QED) is 0.452. The summed E-state index contributed by atoms with van der Waals surface area (Å²) in [5.41, 5.74) is 5.01. The maximum Gasteiger partial charge on any atom is 0.163 e. The Morgan fingerprint density at radius 2 is 1.76 bits per heavy atom. The van der Waals surface area contributed by atoms with E-state index < -0.39 is 0 Å². The van der Waals surface area contributed by atoms with Crippen LogP contribution in [0.5, 0.6) is 0 Å². The number of ketones is 1. The second kappa shape index (κ2) is 9.46. The predicted molar refractivity (Wildman–Crippen MR) is 117 cm³/mol. The molecule has 0 saturated carbocycles. The Kier molecular flexibility index (Phi) is 6.76. The van der Waals surface area contributed by atoms with E-state index in [0.717, 1.165) is 35.3 Å². The van der Waals surface area contributed by atoms with Gasteiger partial charge in [-0.1, -0.05) is 43.3 Å². The minimum absolute atomic E-state index is 0.0971. The Hall–Kier alpha value is -3.01. The molecule has 0 aliphatic heterocycles. The van der Waals surface area contributed by atoms with Crippen molar-refractivity contribution in [1.29, 1.82) is 0 Å². The van der Waals surface area contributed by atoms with E-state index in [0.29, 0.717) is 24.1 Å². The summed E-state index contributed by atoms with van der Waals surface area (Å²) in [7, 11) is 1.90. The highest BCUT2D eigenvalue weighted by atomic mass is 19.1. The fraction of sp³-hybridized carbons (Fsp3) is 0.280. The molecule has 0 fully saturated rings. The summed E-state index contributed by atoms with van der Waals surface area (Å²) < 4.78 is 14.5. The second-order valence-electron chi connectivity index (χ2n) is 7.40. The lowest BCUT2D eigenvalue weighted by Crippen LogP contribution is -2.18. The van der Waals surface area contributed by atoms with Crippen molar-refractivity contribution in [3.63, 3.8) is 0 Å². The molecule has 2 aromatic carbocycles. The standard InChI is InChI=1S/C25H27FN2O/c1-4-15-28(3)24-13-12-22(16-23(24)26)20-8-10-21(11-9-20)25(29)14-7-19-6-5-18(2)27-17-19/h5-6,8-13,16-17H,4,7,14-15H2,1-3H3. The highest BCUT2D eigenvalue weighted by Crippen LogP contribution is 2.26. The molecule has 0 saturated heterocycles. The van der Waals surface area contributed by atoms with Gasteiger partial charge in [-0.25, -0.2) is 4.39 Å². The highest BCUT2D eigenvalue weighted by molar-refractivity contribution is 5.96. The number of aromatic nitrogens is 1. The third-order valence-electron chi connectivity index (χ3n) is 5.07. The zero-order valence-electron chi connectivity index (χ0n) is 17.3. The summed E-state index contributed by atoms with van der Waals surface area (Å²) in [5, 5.41) is 0. The van der Waals surface area contributed by atoms with Crippen LogP contribution in [-0.2, 0) is 6.42 Å². The van der Waals surface area contributed by atoms with Crippen LogP contribution < -0.4 is 4.90 Å². The predicted octanol–water partition coefficient (Wildman–Crippen LogP) is 5.86. The Morgan fingerprint density at radius 3 is 2.38 bits per heavy atom. The van der Waals surface area contributed by atoms with Crippen molar-refractivity contribution in [3.8, 4) is 11.1 Å². The molecule has 1 heterocycles. The number of aryl methyl sites for hydroxylation is 2. The number of nitrogens with zero attached hydrogens (tertiary/aromatic N) is 2. The molecule has 29 heavy (non-hydrogen) atoms. The van der Waals surface area contributed by atoms with Crippen LogP contribution in [0.4, 0.5) is 10.1 Å². The summed E-state index contributed by atoms with van der Waals surface area (Å²) in [5.74, 6) is -0.134. The number of anilines is 1. The number of rotatable bonds is 8. The average molecular weight is 391 g/mol. The van der Waals surface area contributed by atoms with Gasteiger partial charge in [0.05, 0.1) is 5.69 Å². The van der Waals surface area contributed by atoms with Crippen molar-refractivity contribution in [2.45, 2.75) is 33.1 Å². The molecular weight excluding hydrogens is 363 g/mol. The van der Waals surface area contributed by atoms with Crippen molar-refractivity contribution in [2.24, 2.45) is 0 Å². The van der Waals surface area contributed by atoms with Crippen molar-refractivity contribution in [2.75, 3.05) is 18.5 Å². The maximum absolute atomic E-state index is 14.5. The van der Waals surface area contributed by atoms with Crippen LogP contribution >= 0.6 is 0 Å². The molecule has 150 valence electrons. The molecule has 0 unspecified atom stereocenters. The molecule has 0 aliphatic carbocycles.